The Labute approximate surface area is 145 Å². The molecule has 1 amide bonds. The topological polar surface area (TPSA) is 49.0 Å². The number of carbonyl (C=O) groups is 1. The van der Waals surface area contributed by atoms with Gasteiger partial charge >= 0.3 is 0 Å². The lowest BCUT2D eigenvalue weighted by atomic mass is 9.94. The van der Waals surface area contributed by atoms with E-state index in [1.54, 1.807) is 17.5 Å². The van der Waals surface area contributed by atoms with E-state index in [0.717, 1.165) is 35.4 Å². The Morgan fingerprint density at radius 1 is 1.25 bits per heavy atom. The molecular formula is C19H19N3OS. The Kier molecular flexibility index (Phi) is 4.17. The summed E-state index contributed by atoms with van der Waals surface area (Å²) in [5.41, 5.74) is 3.03. The molecule has 2 aromatic heterocycles. The van der Waals surface area contributed by atoms with Crippen LogP contribution in [-0.2, 0) is 0 Å². The van der Waals surface area contributed by atoms with Gasteiger partial charge in [0.05, 0.1) is 17.8 Å². The van der Waals surface area contributed by atoms with E-state index in [0.29, 0.717) is 0 Å². The van der Waals surface area contributed by atoms with E-state index < -0.39 is 0 Å². The standard InChI is InChI=1S/C19H19N3OS/c23-19(15-10-18(24-13-15)16-11-20-21-12-16)22-9-5-4-8-17(22)14-6-2-1-3-7-14/h1-3,6-7,10-13,17H,4-5,8-9H2,(H,20,21). The molecule has 1 unspecified atom stereocenters. The molecule has 122 valence electrons. The van der Waals surface area contributed by atoms with Crippen molar-refractivity contribution < 1.29 is 4.79 Å². The van der Waals surface area contributed by atoms with Crippen molar-refractivity contribution in [3.8, 4) is 10.4 Å². The van der Waals surface area contributed by atoms with Crippen LogP contribution in [0.15, 0.2) is 54.2 Å². The smallest absolute Gasteiger partial charge is 0.255 e. The Bertz CT molecular complexity index is 810. The van der Waals surface area contributed by atoms with Crippen molar-refractivity contribution in [3.05, 3.63) is 65.3 Å². The molecule has 0 radical (unpaired) electrons. The molecule has 0 aliphatic carbocycles. The monoisotopic (exact) mass is 337 g/mol. The Balaban J connectivity index is 1.60. The summed E-state index contributed by atoms with van der Waals surface area (Å²) in [6.45, 7) is 0.829. The number of aromatic amines is 1. The van der Waals surface area contributed by atoms with Crippen molar-refractivity contribution in [2.45, 2.75) is 25.3 Å². The van der Waals surface area contributed by atoms with E-state index in [-0.39, 0.29) is 11.9 Å². The second-order valence-corrected chi connectivity index (χ2v) is 7.02. The van der Waals surface area contributed by atoms with Gasteiger partial charge in [-0.05, 0) is 30.9 Å². The number of nitrogens with zero attached hydrogens (tertiary/aromatic N) is 2. The summed E-state index contributed by atoms with van der Waals surface area (Å²) < 4.78 is 0. The van der Waals surface area contributed by atoms with Gasteiger partial charge in [-0.25, -0.2) is 0 Å². The minimum atomic E-state index is 0.134. The van der Waals surface area contributed by atoms with Crippen LogP contribution in [0.2, 0.25) is 0 Å². The molecule has 1 fully saturated rings. The van der Waals surface area contributed by atoms with Gasteiger partial charge in [0.2, 0.25) is 0 Å². The number of thiophene rings is 1. The van der Waals surface area contributed by atoms with E-state index in [2.05, 4.69) is 22.3 Å². The summed E-state index contributed by atoms with van der Waals surface area (Å²) in [6.07, 6.45) is 6.93. The van der Waals surface area contributed by atoms with E-state index in [1.165, 1.54) is 12.0 Å². The maximum absolute atomic E-state index is 13.1. The maximum atomic E-state index is 13.1. The summed E-state index contributed by atoms with van der Waals surface area (Å²) in [6, 6.07) is 12.5. The molecule has 1 aliphatic heterocycles. The van der Waals surface area contributed by atoms with Crippen LogP contribution in [-0.4, -0.2) is 27.5 Å². The largest absolute Gasteiger partial charge is 0.332 e. The minimum Gasteiger partial charge on any atom is -0.332 e. The van der Waals surface area contributed by atoms with Crippen molar-refractivity contribution >= 4 is 17.2 Å². The van der Waals surface area contributed by atoms with Crippen molar-refractivity contribution in [3.63, 3.8) is 0 Å². The highest BCUT2D eigenvalue weighted by atomic mass is 32.1. The SMILES string of the molecule is O=C(c1csc(-c2cn[nH]c2)c1)N1CCCCC1c1ccccc1. The third-order valence-electron chi connectivity index (χ3n) is 4.58. The first-order chi connectivity index (χ1) is 11.8. The highest BCUT2D eigenvalue weighted by Crippen LogP contribution is 2.34. The van der Waals surface area contributed by atoms with Gasteiger partial charge in [-0.15, -0.1) is 11.3 Å². The van der Waals surface area contributed by atoms with Crippen LogP contribution < -0.4 is 0 Å². The number of likely N-dealkylation sites (tertiary alicyclic amines) is 1. The van der Waals surface area contributed by atoms with E-state index in [1.807, 2.05) is 40.7 Å². The third-order valence-corrected chi connectivity index (χ3v) is 5.56. The first kappa shape index (κ1) is 15.1. The Morgan fingerprint density at radius 2 is 2.12 bits per heavy atom. The zero-order valence-electron chi connectivity index (χ0n) is 13.3. The minimum absolute atomic E-state index is 0.134. The first-order valence-electron chi connectivity index (χ1n) is 8.26. The molecular weight excluding hydrogens is 318 g/mol. The van der Waals surface area contributed by atoms with Crippen molar-refractivity contribution in [2.75, 3.05) is 6.54 Å². The van der Waals surface area contributed by atoms with Crippen molar-refractivity contribution in [1.82, 2.24) is 15.1 Å². The molecule has 24 heavy (non-hydrogen) atoms. The van der Waals surface area contributed by atoms with Crippen LogP contribution in [0.25, 0.3) is 10.4 Å². The summed E-state index contributed by atoms with van der Waals surface area (Å²) in [5, 5.41) is 8.76. The second kappa shape index (κ2) is 6.61. The number of carbonyl (C=O) groups excluding carboxylic acids is 1. The molecule has 5 heteroatoms. The van der Waals surface area contributed by atoms with Gasteiger partial charge in [0.15, 0.2) is 0 Å². The van der Waals surface area contributed by atoms with Crippen LogP contribution in [0.4, 0.5) is 0 Å². The molecule has 0 spiro atoms. The quantitative estimate of drug-likeness (QED) is 0.764. The van der Waals surface area contributed by atoms with Crippen LogP contribution in [0, 0.1) is 0 Å². The van der Waals surface area contributed by atoms with Gasteiger partial charge in [-0.3, -0.25) is 9.89 Å². The van der Waals surface area contributed by atoms with Crippen LogP contribution >= 0.6 is 11.3 Å². The number of rotatable bonds is 3. The number of nitrogens with one attached hydrogen (secondary N) is 1. The van der Waals surface area contributed by atoms with E-state index >= 15 is 0 Å². The predicted molar refractivity (Wildman–Crippen MR) is 96.0 cm³/mol. The molecule has 3 heterocycles. The molecule has 1 N–H and O–H groups in total. The van der Waals surface area contributed by atoms with E-state index in [4.69, 9.17) is 0 Å². The molecule has 3 aromatic rings. The highest BCUT2D eigenvalue weighted by Gasteiger charge is 2.29. The maximum Gasteiger partial charge on any atom is 0.255 e. The summed E-state index contributed by atoms with van der Waals surface area (Å²) in [4.78, 5) is 16.2. The fourth-order valence-corrected chi connectivity index (χ4v) is 4.21. The van der Waals surface area contributed by atoms with Gasteiger partial charge < -0.3 is 4.90 Å². The normalized spacial score (nSPS) is 17.8. The predicted octanol–water partition coefficient (Wildman–Crippen LogP) is 4.51. The molecule has 1 aliphatic rings. The number of hydrogen-bond donors (Lipinski definition) is 1. The lowest BCUT2D eigenvalue weighted by molar-refractivity contribution is 0.0612. The van der Waals surface area contributed by atoms with Gasteiger partial charge in [-0.1, -0.05) is 30.3 Å². The number of amides is 1. The van der Waals surface area contributed by atoms with Crippen molar-refractivity contribution in [1.29, 1.82) is 0 Å². The van der Waals surface area contributed by atoms with Gasteiger partial charge in [-0.2, -0.15) is 5.10 Å². The van der Waals surface area contributed by atoms with Crippen LogP contribution in [0.1, 0.15) is 41.2 Å². The molecule has 1 aromatic carbocycles. The summed E-state index contributed by atoms with van der Waals surface area (Å²) in [5.74, 6) is 0.134. The summed E-state index contributed by atoms with van der Waals surface area (Å²) in [7, 11) is 0. The van der Waals surface area contributed by atoms with Crippen LogP contribution in [0.3, 0.4) is 0 Å². The summed E-state index contributed by atoms with van der Waals surface area (Å²) >= 11 is 1.59. The molecule has 1 atom stereocenters. The van der Waals surface area contributed by atoms with Gasteiger partial charge in [0.1, 0.15) is 0 Å². The van der Waals surface area contributed by atoms with Gasteiger partial charge in [0.25, 0.3) is 5.91 Å². The van der Waals surface area contributed by atoms with E-state index in [9.17, 15) is 4.79 Å². The van der Waals surface area contributed by atoms with Gasteiger partial charge in [0, 0.05) is 28.6 Å². The lowest BCUT2D eigenvalue weighted by Crippen LogP contribution is -2.38. The Hall–Kier alpha value is -2.40. The fourth-order valence-electron chi connectivity index (χ4n) is 3.35. The Morgan fingerprint density at radius 3 is 2.92 bits per heavy atom. The molecule has 0 bridgehead atoms. The molecule has 4 rings (SSSR count). The average molecular weight is 337 g/mol. The zero-order valence-corrected chi connectivity index (χ0v) is 14.1. The van der Waals surface area contributed by atoms with Crippen molar-refractivity contribution in [2.24, 2.45) is 0 Å². The first-order valence-corrected chi connectivity index (χ1v) is 9.14. The number of aromatic nitrogens is 2. The molecule has 1 saturated heterocycles. The fraction of sp³-hybridized carbons (Fsp3) is 0.263. The number of piperidine rings is 1. The molecule has 0 saturated carbocycles. The highest BCUT2D eigenvalue weighted by molar-refractivity contribution is 7.13. The zero-order chi connectivity index (χ0) is 16.4. The third kappa shape index (κ3) is 2.87. The number of H-pyrrole nitrogens is 1. The average Bonchev–Trinajstić information content (AvgIpc) is 3.33. The molecule has 4 nitrogen and oxygen atoms in total. The lowest BCUT2D eigenvalue weighted by Gasteiger charge is -2.36. The number of benzene rings is 1. The van der Waals surface area contributed by atoms with Crippen LogP contribution in [0.5, 0.6) is 0 Å². The second-order valence-electron chi connectivity index (χ2n) is 6.11. The number of hydrogen-bond acceptors (Lipinski definition) is 3.